The van der Waals surface area contributed by atoms with E-state index in [2.05, 4.69) is 20.8 Å². The van der Waals surface area contributed by atoms with Crippen LogP contribution in [0, 0.1) is 20.8 Å². The summed E-state index contributed by atoms with van der Waals surface area (Å²) >= 11 is 0. The monoisotopic (exact) mass is 544 g/mol. The smallest absolute Gasteiger partial charge is 0.854 e. The van der Waals surface area contributed by atoms with Crippen LogP contribution in [-0.4, -0.2) is 0 Å². The summed E-state index contributed by atoms with van der Waals surface area (Å²) in [6, 6.07) is 29.6. The van der Waals surface area contributed by atoms with Crippen molar-refractivity contribution >= 4 is 8.60 Å². The van der Waals surface area contributed by atoms with E-state index in [9.17, 15) is 0 Å². The van der Waals surface area contributed by atoms with Gasteiger partial charge in [0.15, 0.2) is 0 Å². The van der Waals surface area contributed by atoms with Gasteiger partial charge in [0.2, 0.25) is 0 Å². The first-order valence-electron chi connectivity index (χ1n) is 7.34. The van der Waals surface area contributed by atoms with E-state index in [1.807, 2.05) is 91.0 Å². The zero-order valence-electron chi connectivity index (χ0n) is 16.1. The Morgan fingerprint density at radius 2 is 0.571 bits per heavy atom. The predicted octanol–water partition coefficient (Wildman–Crippen LogP) is 2.89. The summed E-state index contributed by atoms with van der Waals surface area (Å²) in [5.74, 6) is 0. The largest absolute Gasteiger partial charge is 2.00 e. The molecule has 0 aliphatic carbocycles. The zero-order chi connectivity index (χ0) is 18.9. The third kappa shape index (κ3) is 27.7. The van der Waals surface area contributed by atoms with Crippen LogP contribution in [0.4, 0.5) is 0 Å². The van der Waals surface area contributed by atoms with Gasteiger partial charge >= 0.3 is 58.4 Å². The van der Waals surface area contributed by atoms with E-state index < -0.39 is 8.60 Å². The standard InChI is InChI=1S/3C7H7.O3P.3Zn/c3*1-7-5-3-2-4-6-7;1-4(2)3;;;/h3*2-6H,1H2;;;;/q3*-1;-3;3*+2. The van der Waals surface area contributed by atoms with Gasteiger partial charge in [0, 0.05) is 0 Å². The Morgan fingerprint density at radius 3 is 0.643 bits per heavy atom. The molecule has 0 saturated carbocycles. The molecule has 0 aliphatic heterocycles. The SMILES string of the molecule is [CH2-]c1ccccc1.[CH2-]c1ccccc1.[CH2-]c1ccccc1.[O-]P([O-])[O-].[Zn+2].[Zn+2].[Zn+2]. The molecule has 7 heteroatoms. The first kappa shape index (κ1) is 34.9. The van der Waals surface area contributed by atoms with Crippen molar-refractivity contribution in [1.29, 1.82) is 0 Å². The fraction of sp³-hybridized carbons (Fsp3) is 0. The van der Waals surface area contributed by atoms with Crippen LogP contribution >= 0.6 is 8.60 Å². The van der Waals surface area contributed by atoms with E-state index in [-0.39, 0.29) is 58.4 Å². The summed E-state index contributed by atoms with van der Waals surface area (Å²) in [5, 5.41) is 0. The normalized spacial score (nSPS) is 7.71. The molecule has 3 nitrogen and oxygen atoms in total. The molecule has 0 aliphatic rings. The molecule has 0 heterocycles. The Labute approximate surface area is 208 Å². The molecular formula is C21H21O3PZn3. The number of hydrogen-bond donors (Lipinski definition) is 0. The van der Waals surface area contributed by atoms with Crippen LogP contribution in [0.3, 0.4) is 0 Å². The van der Waals surface area contributed by atoms with E-state index in [4.69, 9.17) is 14.7 Å². The van der Waals surface area contributed by atoms with Crippen molar-refractivity contribution in [3.05, 3.63) is 128 Å². The maximum absolute atomic E-state index is 8.48. The van der Waals surface area contributed by atoms with Gasteiger partial charge in [-0.2, -0.15) is 73.9 Å². The quantitative estimate of drug-likeness (QED) is 0.247. The first-order chi connectivity index (χ1) is 11.9. The Balaban J connectivity index is -0.000000135. The van der Waals surface area contributed by atoms with Gasteiger partial charge in [-0.1, -0.05) is 18.2 Å². The summed E-state index contributed by atoms with van der Waals surface area (Å²) < 4.78 is 0. The van der Waals surface area contributed by atoms with Crippen LogP contribution in [0.5, 0.6) is 0 Å². The average Bonchev–Trinajstić information content (AvgIpc) is 2.58. The van der Waals surface area contributed by atoms with Crippen molar-refractivity contribution in [2.75, 3.05) is 0 Å². The van der Waals surface area contributed by atoms with Gasteiger partial charge in [0.05, 0.1) is 0 Å². The van der Waals surface area contributed by atoms with E-state index in [1.165, 1.54) is 0 Å². The third-order valence-corrected chi connectivity index (χ3v) is 2.53. The Kier molecular flexibility index (Phi) is 30.5. The van der Waals surface area contributed by atoms with Crippen LogP contribution in [-0.2, 0) is 58.4 Å². The van der Waals surface area contributed by atoms with Gasteiger partial charge in [-0.25, -0.2) is 0 Å². The Morgan fingerprint density at radius 1 is 0.429 bits per heavy atom. The Hall–Kier alpha value is -0.550. The van der Waals surface area contributed by atoms with E-state index >= 15 is 0 Å². The van der Waals surface area contributed by atoms with Crippen molar-refractivity contribution < 1.29 is 73.1 Å². The van der Waals surface area contributed by atoms with Crippen molar-refractivity contribution in [3.63, 3.8) is 0 Å². The topological polar surface area (TPSA) is 69.2 Å². The molecule has 0 radical (unpaired) electrons. The van der Waals surface area contributed by atoms with Crippen LogP contribution < -0.4 is 14.7 Å². The molecule has 3 aromatic carbocycles. The van der Waals surface area contributed by atoms with Crippen molar-refractivity contribution in [2.24, 2.45) is 0 Å². The summed E-state index contributed by atoms with van der Waals surface area (Å²) in [4.78, 5) is 25.4. The average molecular weight is 549 g/mol. The molecule has 3 aromatic rings. The molecule has 0 amide bonds. The minimum absolute atomic E-state index is 0. The zero-order valence-corrected chi connectivity index (χ0v) is 25.9. The summed E-state index contributed by atoms with van der Waals surface area (Å²) in [6.45, 7) is 11.2. The summed E-state index contributed by atoms with van der Waals surface area (Å²) in [7, 11) is -3.37. The second-order valence-electron chi connectivity index (χ2n) is 4.68. The molecular weight excluding hydrogens is 527 g/mol. The van der Waals surface area contributed by atoms with E-state index in [0.717, 1.165) is 16.7 Å². The van der Waals surface area contributed by atoms with Gasteiger partial charge in [0.25, 0.3) is 0 Å². The number of benzene rings is 3. The molecule has 3 rings (SSSR count). The van der Waals surface area contributed by atoms with Crippen LogP contribution in [0.25, 0.3) is 0 Å². The second kappa shape index (κ2) is 24.5. The molecule has 0 unspecified atom stereocenters. The maximum Gasteiger partial charge on any atom is 2.00 e. The number of hydrogen-bond acceptors (Lipinski definition) is 3. The summed E-state index contributed by atoms with van der Waals surface area (Å²) in [5.41, 5.74) is 3.22. The van der Waals surface area contributed by atoms with Gasteiger partial charge < -0.3 is 23.3 Å². The fourth-order valence-electron chi connectivity index (χ4n) is 1.43. The minimum Gasteiger partial charge on any atom is -0.854 e. The van der Waals surface area contributed by atoms with Gasteiger partial charge in [0.1, 0.15) is 0 Å². The van der Waals surface area contributed by atoms with Crippen LogP contribution in [0.2, 0.25) is 0 Å². The fourth-order valence-corrected chi connectivity index (χ4v) is 1.43. The van der Waals surface area contributed by atoms with Gasteiger partial charge in [-0.15, -0.1) is 36.4 Å². The first-order valence-corrected chi connectivity index (χ1v) is 8.44. The summed E-state index contributed by atoms with van der Waals surface area (Å²) in [6.07, 6.45) is 0. The molecule has 0 fully saturated rings. The third-order valence-electron chi connectivity index (χ3n) is 2.53. The van der Waals surface area contributed by atoms with Crippen molar-refractivity contribution in [1.82, 2.24) is 0 Å². The molecule has 0 N–H and O–H groups in total. The molecule has 28 heavy (non-hydrogen) atoms. The molecule has 134 valence electrons. The number of rotatable bonds is 0. The second-order valence-corrected chi connectivity index (χ2v) is 5.13. The van der Waals surface area contributed by atoms with Crippen LogP contribution in [0.15, 0.2) is 91.0 Å². The molecule has 0 aromatic heterocycles. The van der Waals surface area contributed by atoms with Crippen molar-refractivity contribution in [3.8, 4) is 0 Å². The predicted molar refractivity (Wildman–Crippen MR) is 99.6 cm³/mol. The molecule has 0 saturated heterocycles. The Bertz CT molecular complexity index is 551. The minimum atomic E-state index is -3.37. The molecule has 0 atom stereocenters. The van der Waals surface area contributed by atoms with Crippen LogP contribution in [0.1, 0.15) is 16.7 Å². The van der Waals surface area contributed by atoms with Gasteiger partial charge in [-0.3, -0.25) is 0 Å². The maximum atomic E-state index is 8.48. The van der Waals surface area contributed by atoms with E-state index in [1.54, 1.807) is 0 Å². The molecule has 0 spiro atoms. The molecule has 0 bridgehead atoms. The van der Waals surface area contributed by atoms with E-state index in [0.29, 0.717) is 0 Å². The van der Waals surface area contributed by atoms with Gasteiger partial charge in [-0.05, 0) is 0 Å². The van der Waals surface area contributed by atoms with Crippen molar-refractivity contribution in [2.45, 2.75) is 0 Å².